The molecular weight excluding hydrogens is 608 g/mol. The molecule has 0 bridgehead atoms. The van der Waals surface area contributed by atoms with Crippen LogP contribution in [0, 0.1) is 38.2 Å². The summed E-state index contributed by atoms with van der Waals surface area (Å²) in [7, 11) is -5.40. The zero-order valence-corrected chi connectivity index (χ0v) is 25.0. The van der Waals surface area contributed by atoms with Gasteiger partial charge in [0.05, 0.1) is 16.7 Å². The summed E-state index contributed by atoms with van der Waals surface area (Å²) in [6.07, 6.45) is 0. The summed E-state index contributed by atoms with van der Waals surface area (Å²) < 4.78 is 92.1. The number of halogens is 3. The van der Waals surface area contributed by atoms with E-state index in [1.165, 1.54) is 20.8 Å². The van der Waals surface area contributed by atoms with E-state index in [4.69, 9.17) is 27.8 Å². The Morgan fingerprint density at radius 3 is 1.05 bits per heavy atom. The number of hydrogen-bond acceptors (Lipinski definition) is 10. The van der Waals surface area contributed by atoms with E-state index in [9.17, 15) is 32.1 Å². The maximum absolute atomic E-state index is 14.8. The number of phosphoric acid groups is 1. The summed E-state index contributed by atoms with van der Waals surface area (Å²) >= 11 is 0. The zero-order valence-electron chi connectivity index (χ0n) is 24.1. The van der Waals surface area contributed by atoms with Gasteiger partial charge in [0.2, 0.25) is 17.4 Å². The summed E-state index contributed by atoms with van der Waals surface area (Å²) in [6.45, 7) is 7.74. The van der Waals surface area contributed by atoms with Crippen LogP contribution in [0.3, 0.4) is 0 Å². The number of cyclic esters (lactones) is 3. The quantitative estimate of drug-likeness (QED) is 0.166. The Hall–Kier alpha value is -4.03. The first kappa shape index (κ1) is 30.0. The molecule has 0 amide bonds. The Bertz CT molecular complexity index is 1680. The molecule has 14 heteroatoms. The lowest BCUT2D eigenvalue weighted by atomic mass is 9.99. The molecule has 3 aliphatic heterocycles. The van der Waals surface area contributed by atoms with Crippen molar-refractivity contribution in [2.45, 2.75) is 58.9 Å². The van der Waals surface area contributed by atoms with Gasteiger partial charge in [-0.25, -0.2) is 45.7 Å². The molecule has 0 aliphatic carbocycles. The van der Waals surface area contributed by atoms with Crippen molar-refractivity contribution in [2.75, 3.05) is 0 Å². The third-order valence-corrected chi connectivity index (χ3v) is 9.42. The van der Waals surface area contributed by atoms with Crippen molar-refractivity contribution in [2.24, 2.45) is 0 Å². The molecule has 0 aromatic heterocycles. The highest BCUT2D eigenvalue weighted by Crippen LogP contribution is 2.65. The van der Waals surface area contributed by atoms with Crippen LogP contribution in [0.1, 0.15) is 85.2 Å². The topological polar surface area (TPSA) is 124 Å². The first-order valence-electron chi connectivity index (χ1n) is 13.2. The highest BCUT2D eigenvalue weighted by atomic mass is 31.2. The molecule has 44 heavy (non-hydrogen) atoms. The second kappa shape index (κ2) is 9.48. The monoisotopic (exact) mass is 632 g/mol. The summed E-state index contributed by atoms with van der Waals surface area (Å²) in [5.41, 5.74) is -0.237. The number of benzene rings is 3. The second-order valence-electron chi connectivity index (χ2n) is 11.2. The molecular formula is C30H24F3O10P. The third kappa shape index (κ3) is 4.54. The van der Waals surface area contributed by atoms with Gasteiger partial charge >= 0.3 is 25.7 Å². The van der Waals surface area contributed by atoms with Crippen molar-refractivity contribution >= 4 is 25.7 Å². The minimum absolute atomic E-state index is 0.0801. The van der Waals surface area contributed by atoms with Gasteiger partial charge in [-0.15, -0.1) is 0 Å². The molecule has 10 nitrogen and oxygen atoms in total. The molecule has 0 spiro atoms. The van der Waals surface area contributed by atoms with E-state index in [2.05, 4.69) is 0 Å². The van der Waals surface area contributed by atoms with Gasteiger partial charge in [0.15, 0.2) is 0 Å². The van der Waals surface area contributed by atoms with Crippen LogP contribution in [0.2, 0.25) is 0 Å². The number of rotatable bonds is 6. The number of carbonyl (C=O) groups is 3. The van der Waals surface area contributed by atoms with E-state index in [0.717, 1.165) is 57.2 Å². The molecule has 0 fully saturated rings. The lowest BCUT2D eigenvalue weighted by Crippen LogP contribution is -2.34. The zero-order chi connectivity index (χ0) is 32.1. The molecule has 3 aromatic rings. The third-order valence-electron chi connectivity index (χ3n) is 7.70. The number of esters is 3. The normalized spacial score (nSPS) is 26.4. The maximum atomic E-state index is 14.8. The Morgan fingerprint density at radius 2 is 0.795 bits per heavy atom. The number of aryl methyl sites for hydroxylation is 3. The van der Waals surface area contributed by atoms with Crippen LogP contribution in [-0.4, -0.2) is 17.9 Å². The van der Waals surface area contributed by atoms with Crippen molar-refractivity contribution in [1.29, 1.82) is 0 Å². The number of ether oxygens (including phenoxy) is 3. The van der Waals surface area contributed by atoms with E-state index in [1.807, 2.05) is 0 Å². The highest BCUT2D eigenvalue weighted by molar-refractivity contribution is 7.48. The predicted molar refractivity (Wildman–Crippen MR) is 143 cm³/mol. The summed E-state index contributed by atoms with van der Waals surface area (Å²) in [5, 5.41) is 0. The van der Waals surface area contributed by atoms with Crippen LogP contribution in [0.25, 0.3) is 0 Å². The van der Waals surface area contributed by atoms with Gasteiger partial charge in [0.25, 0.3) is 0 Å². The van der Waals surface area contributed by atoms with E-state index in [1.54, 1.807) is 0 Å². The van der Waals surface area contributed by atoms with Crippen LogP contribution in [0.15, 0.2) is 36.4 Å². The molecule has 3 atom stereocenters. The van der Waals surface area contributed by atoms with Gasteiger partial charge in [0.1, 0.15) is 17.5 Å². The van der Waals surface area contributed by atoms with Crippen molar-refractivity contribution in [3.05, 3.63) is 104 Å². The Labute approximate surface area is 248 Å². The van der Waals surface area contributed by atoms with E-state index in [-0.39, 0.29) is 50.1 Å². The van der Waals surface area contributed by atoms with E-state index in [0.29, 0.717) is 0 Å². The summed E-state index contributed by atoms with van der Waals surface area (Å²) in [5.74, 6) is -12.2. The molecule has 0 N–H and O–H groups in total. The number of carbonyl (C=O) groups excluding carboxylic acids is 3. The van der Waals surface area contributed by atoms with Gasteiger partial charge in [0, 0.05) is 37.5 Å². The second-order valence-corrected chi connectivity index (χ2v) is 12.6. The molecule has 0 saturated heterocycles. The molecule has 6 rings (SSSR count). The van der Waals surface area contributed by atoms with Gasteiger partial charge in [-0.3, -0.25) is 0 Å². The fourth-order valence-electron chi connectivity index (χ4n) is 5.86. The van der Waals surface area contributed by atoms with Crippen molar-refractivity contribution < 1.29 is 59.9 Å². The first-order chi connectivity index (χ1) is 20.4. The molecule has 3 heterocycles. The van der Waals surface area contributed by atoms with Crippen LogP contribution < -0.4 is 0 Å². The average molecular weight is 632 g/mol. The fraction of sp³-hybridized carbons (Fsp3) is 0.300. The van der Waals surface area contributed by atoms with E-state index < -0.39 is 60.5 Å². The first-order valence-corrected chi connectivity index (χ1v) is 14.7. The molecule has 3 aromatic carbocycles. The van der Waals surface area contributed by atoms with Crippen molar-refractivity contribution in [3.8, 4) is 0 Å². The number of phosphoric ester groups is 1. The van der Waals surface area contributed by atoms with Gasteiger partial charge in [-0.05, 0) is 73.9 Å². The smallest absolute Gasteiger partial charge is 0.425 e. The minimum atomic E-state index is -5.40. The van der Waals surface area contributed by atoms with Gasteiger partial charge in [-0.2, -0.15) is 0 Å². The van der Waals surface area contributed by atoms with Crippen LogP contribution in [-0.2, 0) is 49.7 Å². The highest BCUT2D eigenvalue weighted by Gasteiger charge is 2.59. The lowest BCUT2D eigenvalue weighted by Gasteiger charge is -2.36. The maximum Gasteiger partial charge on any atom is 0.485 e. The fourth-order valence-corrected chi connectivity index (χ4v) is 7.66. The number of fused-ring (bicyclic) bond motifs is 3. The summed E-state index contributed by atoms with van der Waals surface area (Å²) in [6, 6.07) is 6.02. The molecule has 0 saturated carbocycles. The van der Waals surface area contributed by atoms with Gasteiger partial charge < -0.3 is 14.2 Å². The Kier molecular flexibility index (Phi) is 6.47. The lowest BCUT2D eigenvalue weighted by molar-refractivity contribution is -0.210. The minimum Gasteiger partial charge on any atom is -0.425 e. The molecule has 230 valence electrons. The van der Waals surface area contributed by atoms with Crippen LogP contribution in [0.5, 0.6) is 0 Å². The van der Waals surface area contributed by atoms with Crippen molar-refractivity contribution in [3.63, 3.8) is 0 Å². The van der Waals surface area contributed by atoms with Crippen LogP contribution in [0.4, 0.5) is 13.2 Å². The van der Waals surface area contributed by atoms with Crippen LogP contribution >= 0.6 is 7.82 Å². The number of hydrogen-bond donors (Lipinski definition) is 0. The van der Waals surface area contributed by atoms with Crippen molar-refractivity contribution in [1.82, 2.24) is 0 Å². The molecule has 3 aliphatic rings. The predicted octanol–water partition coefficient (Wildman–Crippen LogP) is 6.62. The average Bonchev–Trinajstić information content (AvgIpc) is 3.35. The van der Waals surface area contributed by atoms with E-state index >= 15 is 0 Å². The molecule has 0 radical (unpaired) electrons. The standard InChI is InChI=1S/C30H24F3O10P/c1-13-7-16(31)10-19-22(13)25(34)38-28(19,4)41-44(37,42-29(5)20-11-17(32)8-14(2)23(20)26(35)39-29)43-30(6)21-12-18(33)9-15(3)24(21)27(36)40-30/h7-12H,1-6H3. The summed E-state index contributed by atoms with van der Waals surface area (Å²) in [4.78, 5) is 38.6. The molecule has 3 unspecified atom stereocenters. The SMILES string of the molecule is Cc1cc(F)cc2c1C(=O)OC2(C)OP(=O)(OC1(C)OC(=O)c2c(C)cc(F)cc21)OC1(C)OC(=O)c2c(C)cc(F)cc21. The Balaban J connectivity index is 1.50. The largest absolute Gasteiger partial charge is 0.485 e. The van der Waals surface area contributed by atoms with Gasteiger partial charge in [-0.1, -0.05) is 0 Å². The Morgan fingerprint density at radius 1 is 0.545 bits per heavy atom.